The first-order valence-electron chi connectivity index (χ1n) is 7.06. The van der Waals surface area contributed by atoms with Gasteiger partial charge in [-0.25, -0.2) is 4.98 Å². The van der Waals surface area contributed by atoms with Crippen LogP contribution in [0.15, 0.2) is 36.7 Å². The number of para-hydroxylation sites is 1. The molecule has 2 rings (SSSR count). The average molecular weight is 287 g/mol. The molecule has 0 spiro atoms. The number of amides is 1. The van der Waals surface area contributed by atoms with Gasteiger partial charge in [0.25, 0.3) is 0 Å². The highest BCUT2D eigenvalue weighted by Gasteiger charge is 2.23. The lowest BCUT2D eigenvalue weighted by atomic mass is 10.0. The van der Waals surface area contributed by atoms with Crippen LogP contribution in [0.25, 0.3) is 0 Å². The number of hydrogen-bond acceptors (Lipinski definition) is 3. The van der Waals surface area contributed by atoms with E-state index in [4.69, 9.17) is 4.74 Å². The van der Waals surface area contributed by atoms with Crippen molar-refractivity contribution in [2.45, 2.75) is 25.8 Å². The van der Waals surface area contributed by atoms with Crippen LogP contribution in [0.2, 0.25) is 0 Å². The zero-order valence-corrected chi connectivity index (χ0v) is 12.7. The number of carbonyl (C=O) groups is 1. The predicted molar refractivity (Wildman–Crippen MR) is 81.1 cm³/mol. The van der Waals surface area contributed by atoms with Crippen LogP contribution in [-0.2, 0) is 11.8 Å². The van der Waals surface area contributed by atoms with E-state index in [-0.39, 0.29) is 11.9 Å². The SMILES string of the molecule is CCCC(=O)N[C@H](c1ccccc1OC)c1nccn1C. The van der Waals surface area contributed by atoms with Gasteiger partial charge in [0.1, 0.15) is 17.6 Å². The van der Waals surface area contributed by atoms with E-state index >= 15 is 0 Å². The third-order valence-corrected chi connectivity index (χ3v) is 3.35. The molecule has 0 aliphatic heterocycles. The Labute approximate surface area is 125 Å². The molecular formula is C16H21N3O2. The molecular weight excluding hydrogens is 266 g/mol. The summed E-state index contributed by atoms with van der Waals surface area (Å²) < 4.78 is 7.32. The van der Waals surface area contributed by atoms with Crippen LogP contribution in [0.3, 0.4) is 0 Å². The molecule has 1 N–H and O–H groups in total. The van der Waals surface area contributed by atoms with E-state index < -0.39 is 0 Å². The number of methoxy groups -OCH3 is 1. The van der Waals surface area contributed by atoms with E-state index in [2.05, 4.69) is 10.3 Å². The van der Waals surface area contributed by atoms with Gasteiger partial charge in [0.15, 0.2) is 0 Å². The molecule has 1 aromatic carbocycles. The van der Waals surface area contributed by atoms with Crippen molar-refractivity contribution in [3.05, 3.63) is 48.0 Å². The van der Waals surface area contributed by atoms with E-state index in [1.807, 2.05) is 49.0 Å². The molecule has 2 aromatic rings. The lowest BCUT2D eigenvalue weighted by Crippen LogP contribution is -2.31. The van der Waals surface area contributed by atoms with Gasteiger partial charge in [0.05, 0.1) is 7.11 Å². The van der Waals surface area contributed by atoms with Gasteiger partial charge in [-0.15, -0.1) is 0 Å². The van der Waals surface area contributed by atoms with Gasteiger partial charge in [0.2, 0.25) is 5.91 Å². The Morgan fingerprint density at radius 2 is 2.19 bits per heavy atom. The van der Waals surface area contributed by atoms with Crippen molar-refractivity contribution in [1.82, 2.24) is 14.9 Å². The minimum absolute atomic E-state index is 0.0106. The number of aromatic nitrogens is 2. The molecule has 0 aliphatic carbocycles. The fourth-order valence-corrected chi connectivity index (χ4v) is 2.30. The third-order valence-electron chi connectivity index (χ3n) is 3.35. The number of hydrogen-bond donors (Lipinski definition) is 1. The number of ether oxygens (including phenoxy) is 1. The first-order chi connectivity index (χ1) is 10.2. The number of imidazole rings is 1. The number of rotatable bonds is 6. The molecule has 112 valence electrons. The summed E-state index contributed by atoms with van der Waals surface area (Å²) >= 11 is 0. The second kappa shape index (κ2) is 6.92. The lowest BCUT2D eigenvalue weighted by Gasteiger charge is -2.21. The zero-order chi connectivity index (χ0) is 15.2. The second-order valence-corrected chi connectivity index (χ2v) is 4.89. The van der Waals surface area contributed by atoms with Crippen molar-refractivity contribution < 1.29 is 9.53 Å². The first kappa shape index (κ1) is 15.1. The summed E-state index contributed by atoms with van der Waals surface area (Å²) in [5.74, 6) is 1.53. The average Bonchev–Trinajstić information content (AvgIpc) is 2.91. The largest absolute Gasteiger partial charge is 0.496 e. The van der Waals surface area contributed by atoms with Crippen LogP contribution >= 0.6 is 0 Å². The minimum atomic E-state index is -0.319. The smallest absolute Gasteiger partial charge is 0.220 e. The van der Waals surface area contributed by atoms with Crippen LogP contribution in [0.1, 0.15) is 37.2 Å². The van der Waals surface area contributed by atoms with Gasteiger partial charge in [-0.3, -0.25) is 4.79 Å². The molecule has 0 fully saturated rings. The highest BCUT2D eigenvalue weighted by atomic mass is 16.5. The van der Waals surface area contributed by atoms with Gasteiger partial charge >= 0.3 is 0 Å². The molecule has 21 heavy (non-hydrogen) atoms. The molecule has 1 aromatic heterocycles. The molecule has 1 amide bonds. The number of nitrogens with one attached hydrogen (secondary N) is 1. The number of aryl methyl sites for hydroxylation is 1. The van der Waals surface area contributed by atoms with Crippen molar-refractivity contribution in [2.75, 3.05) is 7.11 Å². The summed E-state index contributed by atoms with van der Waals surface area (Å²) in [4.78, 5) is 16.4. The molecule has 0 bridgehead atoms. The molecule has 1 heterocycles. The molecule has 0 saturated carbocycles. The van der Waals surface area contributed by atoms with Crippen molar-refractivity contribution in [2.24, 2.45) is 7.05 Å². The number of benzene rings is 1. The van der Waals surface area contributed by atoms with E-state index in [1.165, 1.54) is 0 Å². The van der Waals surface area contributed by atoms with Gasteiger partial charge in [-0.05, 0) is 12.5 Å². The third kappa shape index (κ3) is 3.42. The monoisotopic (exact) mass is 287 g/mol. The number of nitrogens with zero attached hydrogens (tertiary/aromatic N) is 2. The summed E-state index contributed by atoms with van der Waals surface area (Å²) in [6.45, 7) is 1.98. The van der Waals surface area contributed by atoms with Crippen molar-refractivity contribution in [1.29, 1.82) is 0 Å². The maximum Gasteiger partial charge on any atom is 0.220 e. The quantitative estimate of drug-likeness (QED) is 0.887. The Balaban J connectivity index is 2.40. The van der Waals surface area contributed by atoms with Crippen LogP contribution < -0.4 is 10.1 Å². The summed E-state index contributed by atoms with van der Waals surface area (Å²) in [6, 6.07) is 7.35. The predicted octanol–water partition coefficient (Wildman–Crippen LogP) is 2.43. The van der Waals surface area contributed by atoms with Crippen LogP contribution in [0, 0.1) is 0 Å². The summed E-state index contributed by atoms with van der Waals surface area (Å²) in [5.41, 5.74) is 0.902. The molecule has 0 aliphatic rings. The lowest BCUT2D eigenvalue weighted by molar-refractivity contribution is -0.121. The van der Waals surface area contributed by atoms with Gasteiger partial charge in [-0.1, -0.05) is 25.1 Å². The minimum Gasteiger partial charge on any atom is -0.496 e. The molecule has 5 nitrogen and oxygen atoms in total. The Morgan fingerprint density at radius 3 is 2.81 bits per heavy atom. The number of carbonyl (C=O) groups excluding carboxylic acids is 1. The summed E-state index contributed by atoms with van der Waals surface area (Å²) in [5, 5.41) is 3.05. The Hall–Kier alpha value is -2.30. The van der Waals surface area contributed by atoms with Gasteiger partial charge in [0, 0.05) is 31.4 Å². The summed E-state index contributed by atoms with van der Waals surface area (Å²) in [6.07, 6.45) is 4.90. The van der Waals surface area contributed by atoms with E-state index in [9.17, 15) is 4.79 Å². The van der Waals surface area contributed by atoms with Crippen LogP contribution in [0.5, 0.6) is 5.75 Å². The zero-order valence-electron chi connectivity index (χ0n) is 12.7. The van der Waals surface area contributed by atoms with Crippen molar-refractivity contribution in [3.63, 3.8) is 0 Å². The maximum absolute atomic E-state index is 12.0. The highest BCUT2D eigenvalue weighted by molar-refractivity contribution is 5.76. The Bertz CT molecular complexity index is 607. The fourth-order valence-electron chi connectivity index (χ4n) is 2.30. The second-order valence-electron chi connectivity index (χ2n) is 4.89. The molecule has 5 heteroatoms. The van der Waals surface area contributed by atoms with Gasteiger partial charge in [-0.2, -0.15) is 0 Å². The standard InChI is InChI=1S/C16H21N3O2/c1-4-7-14(20)18-15(16-17-10-11-19(16)2)12-8-5-6-9-13(12)21-3/h5-6,8-11,15H,4,7H2,1-3H3,(H,18,20)/t15-/m1/s1. The van der Waals surface area contributed by atoms with Gasteiger partial charge < -0.3 is 14.6 Å². The van der Waals surface area contributed by atoms with Crippen LogP contribution in [-0.4, -0.2) is 22.6 Å². The van der Waals surface area contributed by atoms with E-state index in [0.717, 1.165) is 23.6 Å². The maximum atomic E-state index is 12.0. The topological polar surface area (TPSA) is 56.1 Å². The van der Waals surface area contributed by atoms with Crippen molar-refractivity contribution >= 4 is 5.91 Å². The first-order valence-corrected chi connectivity index (χ1v) is 7.06. The van der Waals surface area contributed by atoms with E-state index in [1.54, 1.807) is 13.3 Å². The Kier molecular flexibility index (Phi) is 4.98. The molecule has 0 unspecified atom stereocenters. The normalized spacial score (nSPS) is 12.0. The fraction of sp³-hybridized carbons (Fsp3) is 0.375. The van der Waals surface area contributed by atoms with Crippen molar-refractivity contribution in [3.8, 4) is 5.75 Å². The Morgan fingerprint density at radius 1 is 1.43 bits per heavy atom. The van der Waals surface area contributed by atoms with Crippen LogP contribution in [0.4, 0.5) is 0 Å². The molecule has 0 radical (unpaired) electrons. The molecule has 0 saturated heterocycles. The highest BCUT2D eigenvalue weighted by Crippen LogP contribution is 2.29. The summed E-state index contributed by atoms with van der Waals surface area (Å²) in [7, 11) is 3.54. The molecule has 1 atom stereocenters. The van der Waals surface area contributed by atoms with E-state index in [0.29, 0.717) is 6.42 Å².